The first-order valence-electron chi connectivity index (χ1n) is 16.4. The molecule has 2 aromatic rings. The molecule has 0 amide bonds. The highest BCUT2D eigenvalue weighted by Crippen LogP contribution is 2.48. The van der Waals surface area contributed by atoms with Crippen LogP contribution in [0.1, 0.15) is 61.5 Å². The minimum atomic E-state index is -4.67. The number of piperidine rings is 2. The lowest BCUT2D eigenvalue weighted by molar-refractivity contribution is -0.157. The van der Waals surface area contributed by atoms with E-state index < -0.39 is 22.2 Å². The van der Waals surface area contributed by atoms with E-state index in [0.717, 1.165) is 36.8 Å². The summed E-state index contributed by atoms with van der Waals surface area (Å²) in [6, 6.07) is 20.5. The van der Waals surface area contributed by atoms with Crippen molar-refractivity contribution in [2.24, 2.45) is 0 Å². The van der Waals surface area contributed by atoms with Crippen molar-refractivity contribution in [3.05, 3.63) is 71.8 Å². The zero-order valence-electron chi connectivity index (χ0n) is 27.6. The number of halogens is 1. The smallest absolute Gasteiger partial charge is 0.394 e. The molecular weight excluding hydrogens is 724 g/mol. The van der Waals surface area contributed by atoms with E-state index >= 15 is 0 Å². The molecular formula is C34H47BrN2O11S. The van der Waals surface area contributed by atoms with E-state index in [1.165, 1.54) is 12.8 Å². The van der Waals surface area contributed by atoms with Gasteiger partial charge in [-0.25, -0.2) is 0 Å². The van der Waals surface area contributed by atoms with Crippen molar-refractivity contribution in [2.45, 2.75) is 98.9 Å². The normalized spacial score (nSPS) is 30.9. The highest BCUT2D eigenvalue weighted by molar-refractivity contribution is 8.93. The molecule has 0 spiro atoms. The van der Waals surface area contributed by atoms with Gasteiger partial charge in [-0.1, -0.05) is 60.7 Å². The van der Waals surface area contributed by atoms with Gasteiger partial charge in [0.05, 0.1) is 13.2 Å². The van der Waals surface area contributed by atoms with Crippen molar-refractivity contribution < 1.29 is 51.5 Å². The monoisotopic (exact) mass is 770 g/mol. The molecule has 0 aliphatic carbocycles. The molecule has 7 rings (SSSR count). The molecule has 15 heteroatoms. The Kier molecular flexibility index (Phi) is 13.8. The average molecular weight is 772 g/mol. The van der Waals surface area contributed by atoms with Crippen molar-refractivity contribution in [2.75, 3.05) is 27.3 Å². The first kappa shape index (κ1) is 39.3. The molecule has 5 aliphatic heterocycles. The highest BCUT2D eigenvalue weighted by Gasteiger charge is 2.62. The Labute approximate surface area is 297 Å². The van der Waals surface area contributed by atoms with Crippen molar-refractivity contribution in [3.63, 3.8) is 0 Å². The topological polar surface area (TPSA) is 187 Å². The predicted molar refractivity (Wildman–Crippen MR) is 184 cm³/mol. The van der Waals surface area contributed by atoms with Gasteiger partial charge in [0, 0.05) is 37.0 Å². The predicted octanol–water partition coefficient (Wildman–Crippen LogP) is 2.77. The van der Waals surface area contributed by atoms with Gasteiger partial charge in [-0.3, -0.25) is 23.6 Å². The summed E-state index contributed by atoms with van der Waals surface area (Å²) in [5.74, 6) is -1.78. The third-order valence-electron chi connectivity index (χ3n) is 10.3. The molecule has 13 nitrogen and oxygen atoms in total. The number of hydrogen-bond acceptors (Lipinski definition) is 11. The lowest BCUT2D eigenvalue weighted by Gasteiger charge is -2.38. The SMILES string of the molecule is Br.CN1[C@@H]2CC(OC(=O)[C@H](CO)c3ccccc3)C[C@H]1[C@@H]1O[C@@H]12.CN1[C@@H]2CC[C@H]1CC(OC(=O)[C@H](CO)c1ccccc1)C2.O=S(=O)(O)O. The van der Waals surface area contributed by atoms with Crippen molar-refractivity contribution in [3.8, 4) is 0 Å². The number of benzene rings is 2. The summed E-state index contributed by atoms with van der Waals surface area (Å²) in [6.45, 7) is -0.432. The van der Waals surface area contributed by atoms with E-state index in [1.54, 1.807) is 0 Å². The van der Waals surface area contributed by atoms with Gasteiger partial charge >= 0.3 is 22.3 Å². The van der Waals surface area contributed by atoms with E-state index in [1.807, 2.05) is 60.7 Å². The third kappa shape index (κ3) is 10.1. The highest BCUT2D eigenvalue weighted by atomic mass is 79.9. The van der Waals surface area contributed by atoms with Crippen LogP contribution < -0.4 is 0 Å². The number of epoxide rings is 1. The first-order chi connectivity index (χ1) is 22.9. The molecule has 2 unspecified atom stereocenters. The molecule has 4 N–H and O–H groups in total. The van der Waals surface area contributed by atoms with Gasteiger partial charge in [-0.15, -0.1) is 17.0 Å². The zero-order valence-corrected chi connectivity index (χ0v) is 30.1. The molecule has 0 aromatic heterocycles. The molecule has 272 valence electrons. The second kappa shape index (κ2) is 17.2. The fourth-order valence-electron chi connectivity index (χ4n) is 7.75. The fourth-order valence-corrected chi connectivity index (χ4v) is 7.75. The Hall–Kier alpha value is -2.47. The molecule has 5 saturated heterocycles. The Morgan fingerprint density at radius 1 is 0.735 bits per heavy atom. The van der Waals surface area contributed by atoms with Crippen LogP contribution in [0.3, 0.4) is 0 Å². The summed E-state index contributed by atoms with van der Waals surface area (Å²) in [5.41, 5.74) is 1.62. The van der Waals surface area contributed by atoms with Crippen LogP contribution in [0.25, 0.3) is 0 Å². The second-order valence-electron chi connectivity index (χ2n) is 13.2. The number of aliphatic hydroxyl groups is 2. The third-order valence-corrected chi connectivity index (χ3v) is 10.3. The molecule has 0 saturated carbocycles. The van der Waals surface area contributed by atoms with Gasteiger partial charge < -0.3 is 29.3 Å². The number of nitrogens with zero attached hydrogens (tertiary/aromatic N) is 2. The number of esters is 2. The van der Waals surface area contributed by atoms with E-state index in [4.69, 9.17) is 31.7 Å². The maximum absolute atomic E-state index is 12.4. The largest absolute Gasteiger partial charge is 0.462 e. The zero-order chi connectivity index (χ0) is 34.6. The van der Waals surface area contributed by atoms with Crippen molar-refractivity contribution >= 4 is 39.3 Å². The van der Waals surface area contributed by atoms with E-state index in [9.17, 15) is 19.8 Å². The molecule has 2 aromatic carbocycles. The summed E-state index contributed by atoms with van der Waals surface area (Å²) >= 11 is 0. The summed E-state index contributed by atoms with van der Waals surface area (Å²) < 4.78 is 48.7. The number of carbonyl (C=O) groups is 2. The van der Waals surface area contributed by atoms with Gasteiger partial charge in [0.2, 0.25) is 0 Å². The average Bonchev–Trinajstić information content (AvgIpc) is 3.78. The lowest BCUT2D eigenvalue weighted by atomic mass is 9.97. The van der Waals surface area contributed by atoms with E-state index in [2.05, 4.69) is 23.9 Å². The van der Waals surface area contributed by atoms with Crippen molar-refractivity contribution in [1.82, 2.24) is 9.80 Å². The van der Waals surface area contributed by atoms with Crippen molar-refractivity contribution in [1.29, 1.82) is 0 Å². The molecule has 0 radical (unpaired) electrons. The lowest BCUT2D eigenvalue weighted by Crippen LogP contribution is -2.48. The minimum absolute atomic E-state index is 0. The standard InChI is InChI=1S/C17H21NO4.C17H23NO3.BrH.H2O4S/c1-18-13-7-11(8-14(18)16-15(13)22-16)21-17(20)12(9-19)10-5-3-2-4-6-10;1-18-13-7-8-14(18)10-15(9-13)21-17(20)16(11-19)12-5-3-2-4-6-12;;1-5(2,3)4/h2-6,11-16,19H,7-9H2,1H3;2-6,13-16,19H,7-11H2,1H3;1H;(H2,1,2,3,4)/t11?,12-,13-,14+,15-,16+;13-,14+,15?,16-;;/m11../s1. The number of hydrogen-bond donors (Lipinski definition) is 4. The van der Waals surface area contributed by atoms with Gasteiger partial charge in [0.1, 0.15) is 36.3 Å². The summed E-state index contributed by atoms with van der Waals surface area (Å²) in [5, 5.41) is 19.1. The summed E-state index contributed by atoms with van der Waals surface area (Å²) in [6.07, 6.45) is 6.52. The van der Waals surface area contributed by atoms with Crippen LogP contribution >= 0.6 is 17.0 Å². The Balaban J connectivity index is 0.000000191. The molecule has 10 atom stereocenters. The Bertz CT molecular complexity index is 1450. The number of aliphatic hydroxyl groups excluding tert-OH is 2. The fraction of sp³-hybridized carbons (Fsp3) is 0.588. The van der Waals surface area contributed by atoms with Crippen LogP contribution in [-0.4, -0.2) is 125 Å². The Morgan fingerprint density at radius 2 is 1.10 bits per heavy atom. The summed E-state index contributed by atoms with van der Waals surface area (Å²) in [4.78, 5) is 29.6. The summed E-state index contributed by atoms with van der Waals surface area (Å²) in [7, 11) is -0.371. The number of rotatable bonds is 8. The minimum Gasteiger partial charge on any atom is -0.462 e. The van der Waals surface area contributed by atoms with Crippen LogP contribution in [-0.2, 0) is 34.2 Å². The molecule has 49 heavy (non-hydrogen) atoms. The first-order valence-corrected chi connectivity index (χ1v) is 17.8. The number of carbonyl (C=O) groups excluding carboxylic acids is 2. The molecule has 5 aliphatic rings. The number of fused-ring (bicyclic) bond motifs is 7. The number of morpholine rings is 1. The van der Waals surface area contributed by atoms with Gasteiger partial charge in [-0.2, -0.15) is 8.42 Å². The van der Waals surface area contributed by atoms with Gasteiger partial charge in [0.15, 0.2) is 0 Å². The molecule has 4 bridgehead atoms. The van der Waals surface area contributed by atoms with Crippen LogP contribution in [0.5, 0.6) is 0 Å². The Morgan fingerprint density at radius 3 is 1.47 bits per heavy atom. The van der Waals surface area contributed by atoms with Crippen LogP contribution in [0.2, 0.25) is 0 Å². The van der Waals surface area contributed by atoms with Gasteiger partial charge in [-0.05, 0) is 50.9 Å². The maximum Gasteiger partial charge on any atom is 0.394 e. The van der Waals surface area contributed by atoms with Crippen LogP contribution in [0.4, 0.5) is 0 Å². The number of ether oxygens (including phenoxy) is 3. The van der Waals surface area contributed by atoms with Gasteiger partial charge in [0.25, 0.3) is 0 Å². The maximum atomic E-state index is 12.4. The number of likely N-dealkylation sites (N-methyl/N-ethyl adjacent to an activating group) is 1. The second-order valence-corrected chi connectivity index (χ2v) is 14.1. The van der Waals surface area contributed by atoms with Crippen LogP contribution in [0, 0.1) is 0 Å². The van der Waals surface area contributed by atoms with E-state index in [-0.39, 0.29) is 54.3 Å². The molecule has 5 heterocycles. The molecule has 5 fully saturated rings. The van der Waals surface area contributed by atoms with Crippen LogP contribution in [0.15, 0.2) is 60.7 Å². The quantitative estimate of drug-likeness (QED) is 0.175. The van der Waals surface area contributed by atoms with E-state index in [0.29, 0.717) is 36.4 Å².